The number of nitrogens with zero attached hydrogens (tertiary/aromatic N) is 4. The number of alkyl halides is 3. The molecule has 1 amide bonds. The highest BCUT2D eigenvalue weighted by Crippen LogP contribution is 2.33. The van der Waals surface area contributed by atoms with E-state index in [1.54, 1.807) is 29.6 Å². The lowest BCUT2D eigenvalue weighted by molar-refractivity contribution is -0.144. The molecule has 2 N–H and O–H groups in total. The molecule has 0 spiro atoms. The van der Waals surface area contributed by atoms with E-state index in [0.717, 1.165) is 24.8 Å². The molecule has 2 aromatic heterocycles. The Bertz CT molecular complexity index is 1150. The van der Waals surface area contributed by atoms with Gasteiger partial charge in [0, 0.05) is 41.5 Å². The Morgan fingerprint density at radius 2 is 1.89 bits per heavy atom. The second kappa shape index (κ2) is 12.3. The summed E-state index contributed by atoms with van der Waals surface area (Å²) in [5.74, 6) is -0.810. The van der Waals surface area contributed by atoms with Crippen molar-refractivity contribution in [3.8, 4) is 17.3 Å². The molecule has 1 fully saturated rings. The molecule has 0 unspecified atom stereocenters. The van der Waals surface area contributed by atoms with Crippen molar-refractivity contribution < 1.29 is 23.1 Å². The second-order valence-electron chi connectivity index (χ2n) is 7.72. The Kier molecular flexibility index (Phi) is 9.17. The van der Waals surface area contributed by atoms with Gasteiger partial charge < -0.3 is 15.3 Å². The molecule has 3 aromatic rings. The SMILES string of the molecule is N#Cc1ccc(CCNC=O)cc1.OCc1cc(-c2cc(N3CCCC3)nc(C(F)(F)F)n2)cs1. The molecule has 0 bridgehead atoms. The van der Waals surface area contributed by atoms with Crippen molar-refractivity contribution in [2.24, 2.45) is 0 Å². The van der Waals surface area contributed by atoms with Crippen LogP contribution in [0.3, 0.4) is 0 Å². The summed E-state index contributed by atoms with van der Waals surface area (Å²) in [7, 11) is 0. The molecule has 4 rings (SSSR count). The summed E-state index contributed by atoms with van der Waals surface area (Å²) in [6, 6.07) is 12.6. The van der Waals surface area contributed by atoms with Crippen LogP contribution in [0.2, 0.25) is 0 Å². The highest BCUT2D eigenvalue weighted by molar-refractivity contribution is 7.10. The Morgan fingerprint density at radius 1 is 1.17 bits per heavy atom. The number of nitriles is 1. The number of halogens is 3. The van der Waals surface area contributed by atoms with Crippen LogP contribution in [-0.4, -0.2) is 41.1 Å². The summed E-state index contributed by atoms with van der Waals surface area (Å²) >= 11 is 1.29. The molecule has 1 aliphatic heterocycles. The highest BCUT2D eigenvalue weighted by atomic mass is 32.1. The van der Waals surface area contributed by atoms with Crippen LogP contribution in [-0.2, 0) is 24.0 Å². The number of amides is 1. The molecule has 184 valence electrons. The Labute approximate surface area is 204 Å². The first-order valence-corrected chi connectivity index (χ1v) is 11.8. The van der Waals surface area contributed by atoms with Crippen LogP contribution in [0.1, 0.15) is 34.7 Å². The Balaban J connectivity index is 0.000000225. The number of aromatic nitrogens is 2. The normalized spacial score (nSPS) is 13.1. The lowest BCUT2D eigenvalue weighted by Crippen LogP contribution is -2.22. The molecule has 1 saturated heterocycles. The zero-order valence-corrected chi connectivity index (χ0v) is 19.6. The number of aliphatic hydroxyl groups excluding tert-OH is 1. The molecule has 1 aromatic carbocycles. The van der Waals surface area contributed by atoms with Crippen LogP contribution in [0.25, 0.3) is 11.3 Å². The van der Waals surface area contributed by atoms with E-state index in [4.69, 9.17) is 10.4 Å². The average Bonchev–Trinajstić information content (AvgIpc) is 3.57. The van der Waals surface area contributed by atoms with E-state index < -0.39 is 12.0 Å². The van der Waals surface area contributed by atoms with Crippen LogP contribution < -0.4 is 10.2 Å². The standard InChI is InChI=1S/C14H14F3N3OS.C10H10N2O/c15-14(16,17)13-18-11(9-5-10(7-21)22-8-9)6-12(19-13)20-3-1-2-4-20;11-7-10-3-1-9(2-4-10)5-6-12-8-13/h5-6,8,21H,1-4,7H2;1-4,8H,5-6H2,(H,12,13). The fourth-order valence-corrected chi connectivity index (χ4v) is 4.17. The molecule has 0 saturated carbocycles. The molecule has 35 heavy (non-hydrogen) atoms. The topological polar surface area (TPSA) is 102 Å². The summed E-state index contributed by atoms with van der Waals surface area (Å²) in [5, 5.41) is 21.9. The number of thiophene rings is 1. The van der Waals surface area contributed by atoms with Crippen LogP contribution in [0.4, 0.5) is 19.0 Å². The van der Waals surface area contributed by atoms with E-state index in [2.05, 4.69) is 15.3 Å². The van der Waals surface area contributed by atoms with Gasteiger partial charge in [0.05, 0.1) is 23.9 Å². The number of aliphatic hydroxyl groups is 1. The first kappa shape index (κ1) is 26.1. The number of carbonyl (C=O) groups excluding carboxylic acids is 1. The summed E-state index contributed by atoms with van der Waals surface area (Å²) in [6.07, 6.45) is -1.20. The summed E-state index contributed by atoms with van der Waals surface area (Å²) in [6.45, 7) is 1.91. The number of hydrogen-bond donors (Lipinski definition) is 2. The van der Waals surface area contributed by atoms with E-state index in [9.17, 15) is 18.0 Å². The summed E-state index contributed by atoms with van der Waals surface area (Å²) in [5.41, 5.74) is 2.59. The largest absolute Gasteiger partial charge is 0.451 e. The predicted octanol–water partition coefficient (Wildman–Crippen LogP) is 4.16. The van der Waals surface area contributed by atoms with Crippen molar-refractivity contribution in [2.45, 2.75) is 32.0 Å². The zero-order valence-electron chi connectivity index (χ0n) is 18.8. The Morgan fingerprint density at radius 3 is 2.46 bits per heavy atom. The van der Waals surface area contributed by atoms with Gasteiger partial charge in [-0.2, -0.15) is 18.4 Å². The van der Waals surface area contributed by atoms with Gasteiger partial charge in [0.2, 0.25) is 12.2 Å². The maximum atomic E-state index is 13.0. The van der Waals surface area contributed by atoms with Crippen LogP contribution in [0, 0.1) is 11.3 Å². The van der Waals surface area contributed by atoms with Gasteiger partial charge in [0.25, 0.3) is 0 Å². The third-order valence-corrected chi connectivity index (χ3v) is 6.15. The Hall–Kier alpha value is -3.49. The third-order valence-electron chi connectivity index (χ3n) is 5.23. The molecular weight excluding hydrogens is 479 g/mol. The molecular formula is C24H24F3N5O2S. The molecule has 7 nitrogen and oxygen atoms in total. The van der Waals surface area contributed by atoms with Gasteiger partial charge in [-0.05, 0) is 43.0 Å². The maximum Gasteiger partial charge on any atom is 0.451 e. The van der Waals surface area contributed by atoms with Gasteiger partial charge in [-0.25, -0.2) is 9.97 Å². The van der Waals surface area contributed by atoms with Crippen LogP contribution in [0.15, 0.2) is 41.8 Å². The minimum absolute atomic E-state index is 0.138. The number of hydrogen-bond acceptors (Lipinski definition) is 7. The first-order chi connectivity index (χ1) is 16.8. The van der Waals surface area contributed by atoms with E-state index in [-0.39, 0.29) is 12.3 Å². The van der Waals surface area contributed by atoms with Gasteiger partial charge in [0.1, 0.15) is 5.82 Å². The molecule has 1 aliphatic rings. The van der Waals surface area contributed by atoms with Crippen LogP contribution in [0.5, 0.6) is 0 Å². The molecule has 3 heterocycles. The lowest BCUT2D eigenvalue weighted by atomic mass is 10.1. The number of rotatable bonds is 7. The summed E-state index contributed by atoms with van der Waals surface area (Å²) in [4.78, 5) is 19.8. The lowest BCUT2D eigenvalue weighted by Gasteiger charge is -2.18. The summed E-state index contributed by atoms with van der Waals surface area (Å²) < 4.78 is 39.1. The van der Waals surface area contributed by atoms with E-state index in [1.165, 1.54) is 11.3 Å². The number of carbonyl (C=O) groups is 1. The highest BCUT2D eigenvalue weighted by Gasteiger charge is 2.36. The molecule has 11 heteroatoms. The predicted molar refractivity (Wildman–Crippen MR) is 127 cm³/mol. The van der Waals surface area contributed by atoms with Crippen molar-refractivity contribution >= 4 is 23.6 Å². The van der Waals surface area contributed by atoms with Crippen molar-refractivity contribution in [3.63, 3.8) is 0 Å². The minimum atomic E-state index is -4.58. The van der Waals surface area contributed by atoms with Gasteiger partial charge in [-0.1, -0.05) is 12.1 Å². The van der Waals surface area contributed by atoms with E-state index >= 15 is 0 Å². The average molecular weight is 504 g/mol. The van der Waals surface area contributed by atoms with Crippen molar-refractivity contribution in [1.82, 2.24) is 15.3 Å². The van der Waals surface area contributed by atoms with Gasteiger partial charge >= 0.3 is 6.18 Å². The monoisotopic (exact) mass is 503 g/mol. The van der Waals surface area contributed by atoms with Crippen molar-refractivity contribution in [2.75, 3.05) is 24.5 Å². The number of nitrogens with one attached hydrogen (secondary N) is 1. The molecule has 0 radical (unpaired) electrons. The van der Waals surface area contributed by atoms with Gasteiger partial charge in [0.15, 0.2) is 0 Å². The zero-order chi connectivity index (χ0) is 25.3. The van der Waals surface area contributed by atoms with E-state index in [0.29, 0.717) is 47.9 Å². The first-order valence-electron chi connectivity index (χ1n) is 10.9. The van der Waals surface area contributed by atoms with Crippen molar-refractivity contribution in [1.29, 1.82) is 5.26 Å². The van der Waals surface area contributed by atoms with Crippen molar-refractivity contribution in [3.05, 3.63) is 63.6 Å². The smallest absolute Gasteiger partial charge is 0.391 e. The van der Waals surface area contributed by atoms with E-state index in [1.807, 2.05) is 23.1 Å². The molecule has 0 aliphatic carbocycles. The minimum Gasteiger partial charge on any atom is -0.391 e. The maximum absolute atomic E-state index is 13.0. The fraction of sp³-hybridized carbons (Fsp3) is 0.333. The third kappa shape index (κ3) is 7.50. The van der Waals surface area contributed by atoms with Gasteiger partial charge in [-0.3, -0.25) is 4.79 Å². The number of benzene rings is 1. The number of anilines is 1. The molecule has 0 atom stereocenters. The second-order valence-corrected chi connectivity index (χ2v) is 8.71. The van der Waals surface area contributed by atoms with Gasteiger partial charge in [-0.15, -0.1) is 11.3 Å². The fourth-order valence-electron chi connectivity index (χ4n) is 3.44. The van der Waals surface area contributed by atoms with Crippen LogP contribution >= 0.6 is 11.3 Å². The quantitative estimate of drug-likeness (QED) is 0.371.